The molecule has 0 radical (unpaired) electrons. The van der Waals surface area contributed by atoms with Crippen LogP contribution in [0.2, 0.25) is 0 Å². The van der Waals surface area contributed by atoms with Crippen LogP contribution in [-0.4, -0.2) is 47.1 Å². The number of amides is 1. The third-order valence-corrected chi connectivity index (χ3v) is 7.53. The number of sulfone groups is 1. The van der Waals surface area contributed by atoms with Crippen molar-refractivity contribution in [1.29, 1.82) is 0 Å². The molecule has 2 aromatic carbocycles. The van der Waals surface area contributed by atoms with Crippen molar-refractivity contribution in [2.24, 2.45) is 0 Å². The van der Waals surface area contributed by atoms with Gasteiger partial charge >= 0.3 is 12.3 Å². The Morgan fingerprint density at radius 1 is 1.21 bits per heavy atom. The molecular formula is C21H20F3N3O5S. The molecule has 3 aromatic rings. The zero-order valence-electron chi connectivity index (χ0n) is 17.6. The lowest BCUT2D eigenvalue weighted by molar-refractivity contribution is -0.0498. The van der Waals surface area contributed by atoms with Crippen LogP contribution in [0.15, 0.2) is 41.2 Å². The Labute approximate surface area is 186 Å². The summed E-state index contributed by atoms with van der Waals surface area (Å²) in [7, 11) is -3.23. The van der Waals surface area contributed by atoms with Gasteiger partial charge in [0.05, 0.1) is 39.3 Å². The quantitative estimate of drug-likeness (QED) is 0.581. The topological polar surface area (TPSA) is 99.4 Å². The van der Waals surface area contributed by atoms with E-state index in [9.17, 15) is 31.2 Å². The molecule has 1 N–H and O–H groups in total. The van der Waals surface area contributed by atoms with Crippen molar-refractivity contribution in [2.45, 2.75) is 32.5 Å². The van der Waals surface area contributed by atoms with E-state index in [4.69, 9.17) is 0 Å². The normalized spacial score (nSPS) is 16.5. The van der Waals surface area contributed by atoms with Gasteiger partial charge in [0, 0.05) is 18.7 Å². The third kappa shape index (κ3) is 4.22. The summed E-state index contributed by atoms with van der Waals surface area (Å²) >= 11 is 0. The number of imidazole rings is 1. The zero-order valence-corrected chi connectivity index (χ0v) is 18.5. The summed E-state index contributed by atoms with van der Waals surface area (Å²) in [6.45, 7) is 0.373. The highest BCUT2D eigenvalue weighted by Gasteiger charge is 2.46. The minimum absolute atomic E-state index is 0.127. The van der Waals surface area contributed by atoms with Crippen molar-refractivity contribution in [1.82, 2.24) is 14.5 Å². The molecule has 0 saturated carbocycles. The minimum atomic E-state index is -3.23. The molecule has 0 unspecified atom stereocenters. The van der Waals surface area contributed by atoms with Gasteiger partial charge in [-0.15, -0.1) is 0 Å². The number of benzene rings is 2. The molecule has 1 aliphatic rings. The van der Waals surface area contributed by atoms with E-state index in [-0.39, 0.29) is 46.1 Å². The summed E-state index contributed by atoms with van der Waals surface area (Å²) in [4.78, 5) is 25.8. The van der Waals surface area contributed by atoms with Gasteiger partial charge in [0.1, 0.15) is 11.6 Å². The summed E-state index contributed by atoms with van der Waals surface area (Å²) in [5.74, 6) is -2.40. The van der Waals surface area contributed by atoms with Crippen molar-refractivity contribution >= 4 is 26.8 Å². The van der Waals surface area contributed by atoms with Crippen molar-refractivity contribution in [2.75, 3.05) is 11.5 Å². The maximum absolute atomic E-state index is 15.0. The number of nitrogens with one attached hydrogen (secondary N) is 1. The lowest BCUT2D eigenvalue weighted by Gasteiger charge is -2.38. The number of aryl methyl sites for hydroxylation is 1. The summed E-state index contributed by atoms with van der Waals surface area (Å²) in [5.41, 5.74) is -1.35. The van der Waals surface area contributed by atoms with Crippen molar-refractivity contribution in [3.63, 3.8) is 0 Å². The monoisotopic (exact) mass is 483 g/mol. The fraction of sp³-hybridized carbons (Fsp3) is 0.333. The average molecular weight is 483 g/mol. The molecule has 176 valence electrons. The van der Waals surface area contributed by atoms with Gasteiger partial charge in [0.25, 0.3) is 5.91 Å². The maximum atomic E-state index is 15.0. The molecule has 33 heavy (non-hydrogen) atoms. The fourth-order valence-corrected chi connectivity index (χ4v) is 6.14. The van der Waals surface area contributed by atoms with E-state index in [2.05, 4.69) is 10.1 Å². The Morgan fingerprint density at radius 3 is 2.52 bits per heavy atom. The first-order valence-electron chi connectivity index (χ1n) is 9.96. The predicted octanol–water partition coefficient (Wildman–Crippen LogP) is 2.47. The van der Waals surface area contributed by atoms with Crippen molar-refractivity contribution < 1.29 is 31.1 Å². The van der Waals surface area contributed by atoms with E-state index in [0.717, 1.165) is 10.6 Å². The van der Waals surface area contributed by atoms with Crippen LogP contribution in [0.25, 0.3) is 16.7 Å². The average Bonchev–Trinajstić information content (AvgIpc) is 2.95. The second-order valence-electron chi connectivity index (χ2n) is 8.11. The molecular weight excluding hydrogens is 463 g/mol. The van der Waals surface area contributed by atoms with Gasteiger partial charge in [-0.25, -0.2) is 17.6 Å². The smallest absolute Gasteiger partial charge is 0.387 e. The van der Waals surface area contributed by atoms with E-state index >= 15 is 0 Å². The molecule has 2 heterocycles. The fourth-order valence-electron chi connectivity index (χ4n) is 4.14. The highest BCUT2D eigenvalue weighted by Crippen LogP contribution is 2.27. The second kappa shape index (κ2) is 7.94. The van der Waals surface area contributed by atoms with Crippen LogP contribution in [-0.2, 0) is 16.4 Å². The Hall–Kier alpha value is -3.28. The van der Waals surface area contributed by atoms with Crippen LogP contribution in [0, 0.1) is 5.82 Å². The van der Waals surface area contributed by atoms with Gasteiger partial charge in [-0.2, -0.15) is 8.78 Å². The number of hydrogen-bond acceptors (Lipinski definition) is 5. The molecule has 1 amide bonds. The summed E-state index contributed by atoms with van der Waals surface area (Å²) < 4.78 is 70.0. The Balaban J connectivity index is 1.79. The number of aromatic nitrogens is 2. The van der Waals surface area contributed by atoms with E-state index in [0.29, 0.717) is 0 Å². The number of rotatable bonds is 6. The Bertz CT molecular complexity index is 1420. The number of carbonyl (C=O) groups is 1. The highest BCUT2D eigenvalue weighted by molar-refractivity contribution is 7.93. The lowest BCUT2D eigenvalue weighted by atomic mass is 10.1. The lowest BCUT2D eigenvalue weighted by Crippen LogP contribution is -2.63. The highest BCUT2D eigenvalue weighted by atomic mass is 32.2. The first-order chi connectivity index (χ1) is 15.4. The van der Waals surface area contributed by atoms with E-state index < -0.39 is 39.4 Å². The third-order valence-electron chi connectivity index (χ3n) is 5.37. The molecule has 0 aliphatic carbocycles. The van der Waals surface area contributed by atoms with Crippen molar-refractivity contribution in [3.05, 3.63) is 58.3 Å². The molecule has 0 spiro atoms. The molecule has 0 atom stereocenters. The molecule has 12 heteroatoms. The number of carbonyl (C=O) groups excluding carboxylic acids is 1. The van der Waals surface area contributed by atoms with Crippen LogP contribution < -0.4 is 15.7 Å². The summed E-state index contributed by atoms with van der Waals surface area (Å²) in [5, 5.41) is 2.55. The number of hydrogen-bond donors (Lipinski definition) is 1. The molecule has 4 rings (SSSR count). The number of halogens is 3. The predicted molar refractivity (Wildman–Crippen MR) is 114 cm³/mol. The molecule has 1 aliphatic heterocycles. The van der Waals surface area contributed by atoms with Gasteiger partial charge in [-0.1, -0.05) is 6.07 Å². The molecule has 1 aromatic heterocycles. The second-order valence-corrected chi connectivity index (χ2v) is 10.2. The van der Waals surface area contributed by atoms with Crippen LogP contribution in [0.3, 0.4) is 0 Å². The van der Waals surface area contributed by atoms with E-state index in [1.54, 1.807) is 13.8 Å². The van der Waals surface area contributed by atoms with Crippen LogP contribution in [0.4, 0.5) is 13.2 Å². The summed E-state index contributed by atoms with van der Waals surface area (Å²) in [6, 6.07) is 7.65. The van der Waals surface area contributed by atoms with Crippen LogP contribution in [0.1, 0.15) is 24.2 Å². The number of nitrogens with zero attached hydrogens (tertiary/aromatic N) is 2. The first-order valence-corrected chi connectivity index (χ1v) is 11.8. The molecule has 8 nitrogen and oxygen atoms in total. The standard InChI is InChI=1S/C21H20F3N3O5S/c1-3-26-16-8-14(18(28)25-21(2)10-33(30,31)11-21)15(22)9-17(16)27(20(26)29)12-5-4-6-13(7-12)32-19(23)24/h4-9,19H,3,10-11H2,1-2H3,(H,25,28). The van der Waals surface area contributed by atoms with Gasteiger partial charge in [-0.3, -0.25) is 13.9 Å². The maximum Gasteiger partial charge on any atom is 0.387 e. The first kappa shape index (κ1) is 22.9. The van der Waals surface area contributed by atoms with Gasteiger partial charge in [0.15, 0.2) is 9.84 Å². The van der Waals surface area contributed by atoms with E-state index in [1.165, 1.54) is 34.9 Å². The Kier molecular flexibility index (Phi) is 5.51. The number of fused-ring (bicyclic) bond motifs is 1. The van der Waals surface area contributed by atoms with Crippen LogP contribution >= 0.6 is 0 Å². The number of ether oxygens (including phenoxy) is 1. The van der Waals surface area contributed by atoms with Crippen LogP contribution in [0.5, 0.6) is 5.75 Å². The van der Waals surface area contributed by atoms with Gasteiger partial charge < -0.3 is 10.1 Å². The number of alkyl halides is 2. The molecule has 1 fully saturated rings. The molecule has 0 bridgehead atoms. The molecule has 1 saturated heterocycles. The Morgan fingerprint density at radius 2 is 1.91 bits per heavy atom. The van der Waals surface area contributed by atoms with Gasteiger partial charge in [-0.05, 0) is 32.0 Å². The largest absolute Gasteiger partial charge is 0.435 e. The van der Waals surface area contributed by atoms with Gasteiger partial charge in [0.2, 0.25) is 0 Å². The van der Waals surface area contributed by atoms with E-state index in [1.807, 2.05) is 0 Å². The zero-order chi connectivity index (χ0) is 24.1. The SMILES string of the molecule is CCn1c(=O)n(-c2cccc(OC(F)F)c2)c2cc(F)c(C(=O)NC3(C)CS(=O)(=O)C3)cc21. The van der Waals surface area contributed by atoms with Crippen molar-refractivity contribution in [3.8, 4) is 11.4 Å². The minimum Gasteiger partial charge on any atom is -0.435 e. The summed E-state index contributed by atoms with van der Waals surface area (Å²) in [6.07, 6.45) is 0.